The number of carbonyl (C=O) groups excluding carboxylic acids is 2. The zero-order valence-electron chi connectivity index (χ0n) is 28.8. The van der Waals surface area contributed by atoms with Gasteiger partial charge in [0.2, 0.25) is 0 Å². The Hall–Kier alpha value is -7.62. The van der Waals surface area contributed by atoms with Crippen molar-refractivity contribution in [1.29, 1.82) is 0 Å². The summed E-state index contributed by atoms with van der Waals surface area (Å²) >= 11 is 0. The second-order valence-electron chi connectivity index (χ2n) is 11.1. The minimum atomic E-state index is -0.829. The molecule has 0 bridgehead atoms. The van der Waals surface area contributed by atoms with Gasteiger partial charge in [0.1, 0.15) is 34.4 Å². The number of carbonyl (C=O) groups is 2. The molecular weight excluding hydrogens is 700 g/mol. The number of nitrogens with one attached hydrogen (secondary N) is 2. The Balaban J connectivity index is 1.57. The molecular formula is C38H32N6O10. The number of esters is 2. The molecule has 5 aromatic carbocycles. The molecule has 0 atom stereocenters. The molecule has 0 aliphatic heterocycles. The molecule has 0 aliphatic carbocycles. The summed E-state index contributed by atoms with van der Waals surface area (Å²) < 4.78 is 21.8. The van der Waals surface area contributed by atoms with Crippen LogP contribution in [0.5, 0.6) is 23.0 Å². The largest absolute Gasteiger partial charge is 0.469 e. The van der Waals surface area contributed by atoms with Crippen molar-refractivity contribution in [2.24, 2.45) is 10.2 Å². The standard InChI is InChI=1S/C38H32N6O10/c1-51-37(45)22-29(27-17-9-11-19-35(27)53-25-13-5-3-6-14-25)39-41-31-21-32(34(44(49)50)24-33(31)43(47)48)42-40-30(23-38(46)52-2)28-18-10-12-20-36(28)54-26-15-7-4-8-16-26/h3-21,24,41-42H,22-23H2,1-2H3/b39-29+,40-30+. The average Bonchev–Trinajstić information content (AvgIpc) is 3.18. The van der Waals surface area contributed by atoms with E-state index in [0.717, 1.165) is 12.1 Å². The van der Waals surface area contributed by atoms with Gasteiger partial charge in [0.05, 0.1) is 54.4 Å². The summed E-state index contributed by atoms with van der Waals surface area (Å²) in [5.74, 6) is 0.288. The van der Waals surface area contributed by atoms with Crippen LogP contribution < -0.4 is 20.3 Å². The van der Waals surface area contributed by atoms with Gasteiger partial charge in [0.25, 0.3) is 0 Å². The zero-order valence-corrected chi connectivity index (χ0v) is 28.8. The summed E-state index contributed by atoms with van der Waals surface area (Å²) in [4.78, 5) is 47.7. The Morgan fingerprint density at radius 2 is 0.944 bits per heavy atom. The van der Waals surface area contributed by atoms with Gasteiger partial charge in [-0.25, -0.2) is 0 Å². The van der Waals surface area contributed by atoms with E-state index in [1.165, 1.54) is 14.2 Å². The van der Waals surface area contributed by atoms with Crippen molar-refractivity contribution in [1.82, 2.24) is 0 Å². The molecule has 0 saturated carbocycles. The van der Waals surface area contributed by atoms with Crippen LogP contribution in [-0.2, 0) is 19.1 Å². The van der Waals surface area contributed by atoms with Crippen LogP contribution in [0.15, 0.2) is 132 Å². The van der Waals surface area contributed by atoms with Crippen molar-refractivity contribution < 1.29 is 38.4 Å². The lowest BCUT2D eigenvalue weighted by atomic mass is 10.1. The molecule has 0 spiro atoms. The maximum atomic E-state index is 12.5. The fourth-order valence-electron chi connectivity index (χ4n) is 4.94. The number of nitro benzene ring substituents is 2. The molecule has 5 aromatic rings. The van der Waals surface area contributed by atoms with Gasteiger partial charge in [-0.15, -0.1) is 0 Å². The summed E-state index contributed by atoms with van der Waals surface area (Å²) in [6.45, 7) is 0. The molecule has 274 valence electrons. The SMILES string of the molecule is COC(=O)C/C(=N\Nc1cc(N/N=C(\CC(=O)OC)c2ccccc2Oc2ccccc2)c([N+](=O)[O-])cc1[N+](=O)[O-])c1ccccc1Oc1ccccc1. The molecule has 2 N–H and O–H groups in total. The van der Waals surface area contributed by atoms with Crippen molar-refractivity contribution >= 4 is 46.1 Å². The van der Waals surface area contributed by atoms with Crippen molar-refractivity contribution in [2.45, 2.75) is 12.8 Å². The minimum absolute atomic E-state index is 0.0731. The van der Waals surface area contributed by atoms with Crippen LogP contribution in [0.25, 0.3) is 0 Å². The van der Waals surface area contributed by atoms with E-state index < -0.39 is 33.2 Å². The van der Waals surface area contributed by atoms with Crippen LogP contribution in [0.3, 0.4) is 0 Å². The Bertz CT molecular complexity index is 2060. The average molecular weight is 733 g/mol. The molecule has 0 saturated heterocycles. The second kappa shape index (κ2) is 18.0. The Morgan fingerprint density at radius 1 is 0.574 bits per heavy atom. The van der Waals surface area contributed by atoms with Crippen LogP contribution in [0.4, 0.5) is 22.7 Å². The number of benzene rings is 5. The van der Waals surface area contributed by atoms with E-state index in [0.29, 0.717) is 34.1 Å². The molecule has 0 fully saturated rings. The minimum Gasteiger partial charge on any atom is -0.469 e. The Kier molecular flexibility index (Phi) is 12.6. The van der Waals surface area contributed by atoms with Crippen molar-refractivity contribution in [3.8, 4) is 23.0 Å². The van der Waals surface area contributed by atoms with Crippen molar-refractivity contribution in [3.63, 3.8) is 0 Å². The van der Waals surface area contributed by atoms with Gasteiger partial charge in [-0.3, -0.25) is 40.7 Å². The third-order valence-corrected chi connectivity index (χ3v) is 7.55. The number of para-hydroxylation sites is 4. The van der Waals surface area contributed by atoms with E-state index in [4.69, 9.17) is 18.9 Å². The van der Waals surface area contributed by atoms with Crippen molar-refractivity contribution in [2.75, 3.05) is 25.1 Å². The van der Waals surface area contributed by atoms with Gasteiger partial charge in [0, 0.05) is 17.2 Å². The molecule has 0 radical (unpaired) electrons. The molecule has 16 nitrogen and oxygen atoms in total. The lowest BCUT2D eigenvalue weighted by molar-refractivity contribution is -0.393. The topological polar surface area (TPSA) is 206 Å². The molecule has 0 aliphatic rings. The summed E-state index contributed by atoms with van der Waals surface area (Å²) in [6.07, 6.45) is -0.758. The maximum absolute atomic E-state index is 12.5. The second-order valence-corrected chi connectivity index (χ2v) is 11.1. The van der Waals surface area contributed by atoms with E-state index in [1.807, 2.05) is 12.1 Å². The highest BCUT2D eigenvalue weighted by atomic mass is 16.6. The van der Waals surface area contributed by atoms with Crippen molar-refractivity contribution in [3.05, 3.63) is 153 Å². The number of nitrogens with zero attached hydrogens (tertiary/aromatic N) is 4. The number of methoxy groups -OCH3 is 2. The van der Waals surface area contributed by atoms with Crippen LogP contribution in [0.1, 0.15) is 24.0 Å². The highest BCUT2D eigenvalue weighted by Gasteiger charge is 2.26. The third kappa shape index (κ3) is 9.79. The number of hydrazone groups is 2. The van der Waals surface area contributed by atoms with E-state index in [-0.39, 0.29) is 35.6 Å². The predicted octanol–water partition coefficient (Wildman–Crippen LogP) is 7.85. The molecule has 0 aromatic heterocycles. The van der Waals surface area contributed by atoms with Gasteiger partial charge < -0.3 is 18.9 Å². The zero-order chi connectivity index (χ0) is 38.5. The number of nitro groups is 2. The van der Waals surface area contributed by atoms with E-state index in [9.17, 15) is 29.8 Å². The Labute approximate surface area is 307 Å². The molecule has 16 heteroatoms. The first-order valence-electron chi connectivity index (χ1n) is 16.1. The number of hydrogen-bond acceptors (Lipinski definition) is 14. The first-order chi connectivity index (χ1) is 26.2. The van der Waals surface area contributed by atoms with Crippen LogP contribution in [0, 0.1) is 20.2 Å². The summed E-state index contributed by atoms with van der Waals surface area (Å²) in [7, 11) is 2.39. The van der Waals surface area contributed by atoms with Gasteiger partial charge >= 0.3 is 23.3 Å². The smallest absolute Gasteiger partial charge is 0.311 e. The normalized spacial score (nSPS) is 11.2. The summed E-state index contributed by atoms with van der Waals surface area (Å²) in [6, 6.07) is 32.8. The van der Waals surface area contributed by atoms with Crippen LogP contribution in [0.2, 0.25) is 0 Å². The fraction of sp³-hybridized carbons (Fsp3) is 0.105. The summed E-state index contributed by atoms with van der Waals surface area (Å²) in [5, 5.41) is 33.0. The molecule has 0 heterocycles. The number of ether oxygens (including phenoxy) is 4. The van der Waals surface area contributed by atoms with E-state index >= 15 is 0 Å². The third-order valence-electron chi connectivity index (χ3n) is 7.55. The first kappa shape index (κ1) is 37.6. The monoisotopic (exact) mass is 732 g/mol. The van der Waals surface area contributed by atoms with Crippen LogP contribution >= 0.6 is 0 Å². The van der Waals surface area contributed by atoms with Gasteiger partial charge in [-0.1, -0.05) is 60.7 Å². The van der Waals surface area contributed by atoms with E-state index in [1.54, 1.807) is 97.1 Å². The number of hydrogen-bond donors (Lipinski definition) is 2. The summed E-state index contributed by atoms with van der Waals surface area (Å²) in [5.41, 5.74) is 4.05. The van der Waals surface area contributed by atoms with Crippen LogP contribution in [-0.4, -0.2) is 47.4 Å². The molecule has 0 unspecified atom stereocenters. The fourth-order valence-corrected chi connectivity index (χ4v) is 4.94. The number of anilines is 2. The first-order valence-corrected chi connectivity index (χ1v) is 16.1. The quantitative estimate of drug-likeness (QED) is 0.0430. The maximum Gasteiger partial charge on any atom is 0.311 e. The molecule has 54 heavy (non-hydrogen) atoms. The van der Waals surface area contributed by atoms with Gasteiger partial charge in [0.15, 0.2) is 0 Å². The molecule has 5 rings (SSSR count). The molecule has 0 amide bonds. The lowest BCUT2D eigenvalue weighted by Crippen LogP contribution is -2.14. The van der Waals surface area contributed by atoms with Gasteiger partial charge in [-0.2, -0.15) is 10.2 Å². The highest BCUT2D eigenvalue weighted by molar-refractivity contribution is 6.12. The lowest BCUT2D eigenvalue weighted by Gasteiger charge is -2.14. The van der Waals surface area contributed by atoms with E-state index in [2.05, 4.69) is 21.1 Å². The predicted molar refractivity (Wildman–Crippen MR) is 199 cm³/mol. The Morgan fingerprint density at radius 3 is 1.31 bits per heavy atom. The van der Waals surface area contributed by atoms with Gasteiger partial charge in [-0.05, 0) is 48.5 Å². The highest BCUT2D eigenvalue weighted by Crippen LogP contribution is 2.37. The number of rotatable bonds is 16.